The van der Waals surface area contributed by atoms with E-state index < -0.39 is 6.10 Å². The van der Waals surface area contributed by atoms with Crippen molar-refractivity contribution in [1.82, 2.24) is 0 Å². The summed E-state index contributed by atoms with van der Waals surface area (Å²) in [5, 5.41) is 0. The van der Waals surface area contributed by atoms with Crippen LogP contribution < -0.4 is 0 Å². The maximum atomic E-state index is 12.7. The largest absolute Gasteiger partial charge is 0.462 e. The molecule has 0 saturated carbocycles. The van der Waals surface area contributed by atoms with Crippen molar-refractivity contribution in [2.24, 2.45) is 0 Å². The van der Waals surface area contributed by atoms with E-state index in [1.807, 2.05) is 60.8 Å². The van der Waals surface area contributed by atoms with Crippen molar-refractivity contribution in [3.63, 3.8) is 0 Å². The first-order valence-corrected chi connectivity index (χ1v) is 23.8. The Morgan fingerprint density at radius 1 is 0.361 bits per heavy atom. The Balaban J connectivity index is 4.63. The highest BCUT2D eigenvalue weighted by atomic mass is 16.6. The molecule has 1 atom stereocenters. The first-order valence-electron chi connectivity index (χ1n) is 23.8. The van der Waals surface area contributed by atoms with Crippen molar-refractivity contribution in [2.75, 3.05) is 13.2 Å². The van der Waals surface area contributed by atoms with Gasteiger partial charge in [0.2, 0.25) is 0 Å². The van der Waals surface area contributed by atoms with Crippen LogP contribution in [0, 0.1) is 0 Å². The summed E-state index contributed by atoms with van der Waals surface area (Å²) in [6.07, 6.45) is 67.3. The number of rotatable bonds is 40. The zero-order chi connectivity index (χ0) is 44.4. The Bertz CT molecular complexity index is 1380. The monoisotopic (exact) mass is 841 g/mol. The van der Waals surface area contributed by atoms with Gasteiger partial charge in [-0.2, -0.15) is 0 Å². The standard InChI is InChI=1S/C55H84O6/c1-4-7-10-13-16-19-22-25-27-29-30-33-36-39-42-45-48-54(57)60-51-52(50-59-53(56)47-44-41-38-35-32-24-21-18-15-12-9-6-3)61-55(58)49-46-43-40-37-34-31-28-26-23-20-17-14-11-8-5-2/h7-8,10-11,14,16-21,23,25-28,30-31,33-34,39,42,52H,4-6,9,12-13,15,22,24,29,32,35-38,40-41,43-51H2,1-3H3/b10-7-,11-8-,17-14-,19-16-,21-18-,23-20-,27-25-,28-26-,33-30-,34-31-,42-39-. The number of hydrogen-bond acceptors (Lipinski definition) is 6. The second kappa shape index (κ2) is 48.2. The molecule has 340 valence electrons. The average Bonchev–Trinajstić information content (AvgIpc) is 3.26. The van der Waals surface area contributed by atoms with Crippen LogP contribution in [0.3, 0.4) is 0 Å². The predicted octanol–water partition coefficient (Wildman–Crippen LogP) is 15.5. The lowest BCUT2D eigenvalue weighted by Gasteiger charge is -2.18. The molecule has 6 heteroatoms. The molecule has 0 N–H and O–H groups in total. The van der Waals surface area contributed by atoms with Gasteiger partial charge in [-0.25, -0.2) is 0 Å². The molecule has 1 unspecified atom stereocenters. The predicted molar refractivity (Wildman–Crippen MR) is 260 cm³/mol. The van der Waals surface area contributed by atoms with Crippen LogP contribution in [0.1, 0.15) is 175 Å². The van der Waals surface area contributed by atoms with Crippen LogP contribution in [0.4, 0.5) is 0 Å². The molecule has 0 spiro atoms. The first kappa shape index (κ1) is 56.5. The Labute approximate surface area is 373 Å². The molecule has 6 nitrogen and oxygen atoms in total. The summed E-state index contributed by atoms with van der Waals surface area (Å²) in [6.45, 7) is 6.21. The quantitative estimate of drug-likeness (QED) is 0.0201. The Hall–Kier alpha value is -4.45. The van der Waals surface area contributed by atoms with Gasteiger partial charge < -0.3 is 14.2 Å². The summed E-state index contributed by atoms with van der Waals surface area (Å²) in [5.74, 6) is -1.08. The van der Waals surface area contributed by atoms with E-state index in [1.54, 1.807) is 0 Å². The maximum absolute atomic E-state index is 12.7. The second-order valence-electron chi connectivity index (χ2n) is 15.0. The number of hydrogen-bond donors (Lipinski definition) is 0. The molecule has 61 heavy (non-hydrogen) atoms. The molecule has 0 aliphatic heterocycles. The summed E-state index contributed by atoms with van der Waals surface area (Å²) in [7, 11) is 0. The average molecular weight is 841 g/mol. The molecular formula is C55H84O6. The fraction of sp³-hybridized carbons (Fsp3) is 0.545. The second-order valence-corrected chi connectivity index (χ2v) is 15.0. The number of esters is 3. The van der Waals surface area contributed by atoms with Gasteiger partial charge in [0.1, 0.15) is 13.2 Å². The number of unbranched alkanes of at least 4 members (excludes halogenated alkanes) is 11. The van der Waals surface area contributed by atoms with Crippen LogP contribution in [-0.4, -0.2) is 37.2 Å². The highest BCUT2D eigenvalue weighted by molar-refractivity contribution is 5.71. The van der Waals surface area contributed by atoms with E-state index in [4.69, 9.17) is 14.2 Å². The molecule has 0 amide bonds. The van der Waals surface area contributed by atoms with E-state index in [2.05, 4.69) is 93.7 Å². The van der Waals surface area contributed by atoms with Gasteiger partial charge in [0.15, 0.2) is 6.10 Å². The Morgan fingerprint density at radius 2 is 0.754 bits per heavy atom. The van der Waals surface area contributed by atoms with Crippen LogP contribution in [0.5, 0.6) is 0 Å². The lowest BCUT2D eigenvalue weighted by Crippen LogP contribution is -2.30. The summed E-state index contributed by atoms with van der Waals surface area (Å²) in [6, 6.07) is 0. The SMILES string of the molecule is CC\C=C/C=C\C=C/C=C\C=C/CCCCCC(=O)OC(COC(=O)CC/C=C\C/C=C\C/C=C\C/C=C\C/C=C\CC)COC(=O)CCCCCCC/C=C\CCCCC. The van der Waals surface area contributed by atoms with Crippen LogP contribution >= 0.6 is 0 Å². The van der Waals surface area contributed by atoms with Gasteiger partial charge >= 0.3 is 17.9 Å². The molecule has 0 bridgehead atoms. The maximum Gasteiger partial charge on any atom is 0.306 e. The summed E-state index contributed by atoms with van der Waals surface area (Å²) in [4.78, 5) is 37.8. The summed E-state index contributed by atoms with van der Waals surface area (Å²) < 4.78 is 16.6. The lowest BCUT2D eigenvalue weighted by atomic mass is 10.1. The molecule has 0 fully saturated rings. The van der Waals surface area contributed by atoms with Crippen molar-refractivity contribution in [2.45, 2.75) is 181 Å². The van der Waals surface area contributed by atoms with Crippen LogP contribution in [0.15, 0.2) is 134 Å². The molecule has 0 aromatic heterocycles. The third kappa shape index (κ3) is 46.5. The highest BCUT2D eigenvalue weighted by Gasteiger charge is 2.19. The van der Waals surface area contributed by atoms with Crippen LogP contribution in [0.25, 0.3) is 0 Å². The normalized spacial score (nSPS) is 13.3. The van der Waals surface area contributed by atoms with Crippen LogP contribution in [0.2, 0.25) is 0 Å². The minimum Gasteiger partial charge on any atom is -0.462 e. The summed E-state index contributed by atoms with van der Waals surface area (Å²) >= 11 is 0. The first-order chi connectivity index (χ1) is 30.0. The third-order valence-corrected chi connectivity index (χ3v) is 9.26. The van der Waals surface area contributed by atoms with Crippen molar-refractivity contribution < 1.29 is 28.6 Å². The van der Waals surface area contributed by atoms with E-state index in [0.717, 1.165) is 89.9 Å². The molecule has 0 aliphatic rings. The summed E-state index contributed by atoms with van der Waals surface area (Å²) in [5.41, 5.74) is 0. The number of carbonyl (C=O) groups excluding carboxylic acids is 3. The molecular weight excluding hydrogens is 757 g/mol. The van der Waals surface area contributed by atoms with E-state index in [-0.39, 0.29) is 44.0 Å². The van der Waals surface area contributed by atoms with E-state index in [0.29, 0.717) is 19.3 Å². The number of allylic oxidation sites excluding steroid dienone is 22. The number of carbonyl (C=O) groups is 3. The highest BCUT2D eigenvalue weighted by Crippen LogP contribution is 2.11. The van der Waals surface area contributed by atoms with Gasteiger partial charge in [-0.15, -0.1) is 0 Å². The van der Waals surface area contributed by atoms with Crippen molar-refractivity contribution >= 4 is 17.9 Å². The third-order valence-electron chi connectivity index (χ3n) is 9.26. The van der Waals surface area contributed by atoms with Crippen molar-refractivity contribution in [1.29, 1.82) is 0 Å². The molecule has 0 saturated heterocycles. The Morgan fingerprint density at radius 3 is 1.31 bits per heavy atom. The molecule has 0 aliphatic carbocycles. The zero-order valence-electron chi connectivity index (χ0n) is 38.6. The number of ether oxygens (including phenoxy) is 3. The zero-order valence-corrected chi connectivity index (χ0v) is 38.6. The molecule has 0 rings (SSSR count). The molecule has 0 radical (unpaired) electrons. The van der Waals surface area contributed by atoms with E-state index in [9.17, 15) is 14.4 Å². The molecule has 0 aromatic rings. The Kier molecular flexibility index (Phi) is 44.7. The van der Waals surface area contributed by atoms with Gasteiger partial charge in [-0.05, 0) is 96.3 Å². The topological polar surface area (TPSA) is 78.9 Å². The van der Waals surface area contributed by atoms with Crippen molar-refractivity contribution in [3.8, 4) is 0 Å². The van der Waals surface area contributed by atoms with Crippen LogP contribution in [-0.2, 0) is 28.6 Å². The van der Waals surface area contributed by atoms with Gasteiger partial charge in [0, 0.05) is 19.3 Å². The minimum absolute atomic E-state index is 0.128. The lowest BCUT2D eigenvalue weighted by molar-refractivity contribution is -0.166. The van der Waals surface area contributed by atoms with E-state index >= 15 is 0 Å². The van der Waals surface area contributed by atoms with Gasteiger partial charge in [-0.3, -0.25) is 14.4 Å². The fourth-order valence-corrected chi connectivity index (χ4v) is 5.74. The van der Waals surface area contributed by atoms with Gasteiger partial charge in [0.05, 0.1) is 0 Å². The van der Waals surface area contributed by atoms with Crippen molar-refractivity contribution in [3.05, 3.63) is 134 Å². The molecule has 0 aromatic carbocycles. The fourth-order valence-electron chi connectivity index (χ4n) is 5.74. The minimum atomic E-state index is -0.837. The van der Waals surface area contributed by atoms with E-state index in [1.165, 1.54) is 32.1 Å². The smallest absolute Gasteiger partial charge is 0.306 e. The van der Waals surface area contributed by atoms with Gasteiger partial charge in [0.25, 0.3) is 0 Å². The molecule has 0 heterocycles. The van der Waals surface area contributed by atoms with Gasteiger partial charge in [-0.1, -0.05) is 193 Å².